The van der Waals surface area contributed by atoms with Crippen molar-refractivity contribution in [3.63, 3.8) is 0 Å². The number of nitrogens with one attached hydrogen (secondary N) is 1. The van der Waals surface area contributed by atoms with Gasteiger partial charge in [-0.1, -0.05) is 13.8 Å². The van der Waals surface area contributed by atoms with E-state index >= 15 is 0 Å². The van der Waals surface area contributed by atoms with Crippen LogP contribution < -0.4 is 11.3 Å². The fourth-order valence-corrected chi connectivity index (χ4v) is 2.33. The topological polar surface area (TPSA) is 71.5 Å². The second-order valence-corrected chi connectivity index (χ2v) is 5.37. The van der Waals surface area contributed by atoms with Gasteiger partial charge >= 0.3 is 5.91 Å². The lowest BCUT2D eigenvalue weighted by molar-refractivity contribution is 0.0923. The number of carbonyl (C=O) groups is 1. The average Bonchev–Trinajstić information content (AvgIpc) is 2.85. The number of hydrogen-bond acceptors (Lipinski definition) is 4. The molecular weight excluding hydrogens is 218 g/mol. The molecule has 0 radical (unpaired) electrons. The van der Waals surface area contributed by atoms with Crippen molar-refractivity contribution in [2.45, 2.75) is 26.8 Å². The van der Waals surface area contributed by atoms with Crippen molar-refractivity contribution in [2.24, 2.45) is 11.3 Å². The molecule has 1 aliphatic heterocycles. The lowest BCUT2D eigenvalue weighted by Gasteiger charge is -2.19. The third kappa shape index (κ3) is 2.68. The molecule has 0 aromatic carbocycles. The Morgan fingerprint density at radius 1 is 1.65 bits per heavy atom. The van der Waals surface area contributed by atoms with E-state index in [1.54, 1.807) is 0 Å². The Morgan fingerprint density at radius 3 is 3.00 bits per heavy atom. The second-order valence-electron chi connectivity index (χ2n) is 5.37. The summed E-state index contributed by atoms with van der Waals surface area (Å²) in [5.41, 5.74) is 3.35. The van der Waals surface area contributed by atoms with Crippen molar-refractivity contribution >= 4 is 5.91 Å². The van der Waals surface area contributed by atoms with Gasteiger partial charge in [0.15, 0.2) is 5.76 Å². The van der Waals surface area contributed by atoms with E-state index in [2.05, 4.69) is 24.2 Å². The smallest absolute Gasteiger partial charge is 0.301 e. The summed E-state index contributed by atoms with van der Waals surface area (Å²) in [6, 6.07) is 1.83. The zero-order chi connectivity index (χ0) is 12.5. The van der Waals surface area contributed by atoms with E-state index in [1.807, 2.05) is 6.07 Å². The Bertz CT molecular complexity index is 412. The van der Waals surface area contributed by atoms with Gasteiger partial charge in [-0.25, -0.2) is 5.84 Å². The number of nitrogen functional groups attached to an aromatic ring is 1. The molecule has 5 nitrogen and oxygen atoms in total. The lowest BCUT2D eigenvalue weighted by Crippen LogP contribution is -2.31. The minimum Gasteiger partial charge on any atom is -0.459 e. The molecule has 0 spiro atoms. The highest BCUT2D eigenvalue weighted by atomic mass is 16.3. The van der Waals surface area contributed by atoms with E-state index in [0.717, 1.165) is 25.2 Å². The second kappa shape index (κ2) is 4.50. The number of furan rings is 1. The third-order valence-corrected chi connectivity index (χ3v) is 3.23. The molecule has 2 rings (SSSR count). The van der Waals surface area contributed by atoms with Crippen molar-refractivity contribution < 1.29 is 9.21 Å². The highest BCUT2D eigenvalue weighted by molar-refractivity contribution is 5.92. The molecule has 17 heavy (non-hydrogen) atoms. The number of hydrazine groups is 1. The van der Waals surface area contributed by atoms with Crippen LogP contribution in [0.2, 0.25) is 0 Å². The van der Waals surface area contributed by atoms with Crippen molar-refractivity contribution in [1.29, 1.82) is 0 Å². The summed E-state index contributed by atoms with van der Waals surface area (Å²) in [7, 11) is 0. The highest BCUT2D eigenvalue weighted by Crippen LogP contribution is 2.30. The summed E-state index contributed by atoms with van der Waals surface area (Å²) in [6.07, 6.45) is 2.71. The van der Waals surface area contributed by atoms with Crippen molar-refractivity contribution in [1.82, 2.24) is 10.3 Å². The molecule has 1 amide bonds. The van der Waals surface area contributed by atoms with Gasteiger partial charge in [-0.15, -0.1) is 0 Å². The average molecular weight is 237 g/mol. The van der Waals surface area contributed by atoms with Gasteiger partial charge in [-0.05, 0) is 24.4 Å². The molecule has 3 N–H and O–H groups in total. The van der Waals surface area contributed by atoms with E-state index in [9.17, 15) is 4.79 Å². The van der Waals surface area contributed by atoms with Crippen LogP contribution in [0.15, 0.2) is 16.7 Å². The molecular formula is C12H19N3O2. The molecule has 94 valence electrons. The van der Waals surface area contributed by atoms with Crippen LogP contribution in [0.4, 0.5) is 0 Å². The van der Waals surface area contributed by atoms with Gasteiger partial charge in [0.2, 0.25) is 0 Å². The quantitative estimate of drug-likeness (QED) is 0.469. The third-order valence-electron chi connectivity index (χ3n) is 3.23. The van der Waals surface area contributed by atoms with Gasteiger partial charge in [-0.2, -0.15) is 0 Å². The fraction of sp³-hybridized carbons (Fsp3) is 0.583. The number of carbonyl (C=O) groups excluding carboxylic acids is 1. The largest absolute Gasteiger partial charge is 0.459 e. The maximum Gasteiger partial charge on any atom is 0.301 e. The molecule has 0 saturated carbocycles. The van der Waals surface area contributed by atoms with Gasteiger partial charge in [-0.3, -0.25) is 15.1 Å². The number of likely N-dealkylation sites (tertiary alicyclic amines) is 1. The van der Waals surface area contributed by atoms with Crippen LogP contribution in [0.1, 0.15) is 36.4 Å². The predicted molar refractivity (Wildman–Crippen MR) is 64.0 cm³/mol. The minimum atomic E-state index is -0.372. The number of nitrogens with two attached hydrogens (primary N) is 1. The summed E-state index contributed by atoms with van der Waals surface area (Å²) >= 11 is 0. The Kier molecular flexibility index (Phi) is 3.22. The molecule has 1 aliphatic rings. The molecule has 0 aliphatic carbocycles. The van der Waals surface area contributed by atoms with Crippen LogP contribution in [0.3, 0.4) is 0 Å². The number of hydrogen-bond donors (Lipinski definition) is 2. The number of rotatable bonds is 3. The normalized spacial score (nSPS) is 19.5. The van der Waals surface area contributed by atoms with Crippen LogP contribution in [0.25, 0.3) is 0 Å². The Labute approximate surface area is 101 Å². The Hall–Kier alpha value is -1.33. The number of nitrogens with zero attached hydrogens (tertiary/aromatic N) is 1. The molecule has 1 fully saturated rings. The molecule has 0 atom stereocenters. The van der Waals surface area contributed by atoms with Gasteiger partial charge < -0.3 is 4.42 Å². The van der Waals surface area contributed by atoms with Crippen molar-refractivity contribution in [3.8, 4) is 0 Å². The molecule has 0 unspecified atom stereocenters. The van der Waals surface area contributed by atoms with Gasteiger partial charge in [0.1, 0.15) is 0 Å². The Balaban J connectivity index is 2.05. The Morgan fingerprint density at radius 2 is 2.41 bits per heavy atom. The minimum absolute atomic E-state index is 0.317. The molecule has 2 heterocycles. The van der Waals surface area contributed by atoms with E-state index in [4.69, 9.17) is 10.3 Å². The fourth-order valence-electron chi connectivity index (χ4n) is 2.33. The van der Waals surface area contributed by atoms with Crippen molar-refractivity contribution in [3.05, 3.63) is 23.7 Å². The first-order chi connectivity index (χ1) is 8.02. The molecule has 1 aromatic heterocycles. The van der Waals surface area contributed by atoms with Crippen LogP contribution in [-0.2, 0) is 6.54 Å². The monoisotopic (exact) mass is 237 g/mol. The zero-order valence-corrected chi connectivity index (χ0v) is 10.3. The SMILES string of the molecule is CC1(C)CCN(Cc2ccoc2C(=O)NN)C1. The standard InChI is InChI=1S/C12H19N3O2/c1-12(2)4-5-15(8-12)7-9-3-6-17-10(9)11(16)14-13/h3,6H,4-5,7-8,13H2,1-2H3,(H,14,16). The van der Waals surface area contributed by atoms with E-state index in [0.29, 0.717) is 11.2 Å². The lowest BCUT2D eigenvalue weighted by atomic mass is 9.93. The summed E-state index contributed by atoms with van der Waals surface area (Å²) in [6.45, 7) is 7.36. The van der Waals surface area contributed by atoms with Gasteiger partial charge in [0.25, 0.3) is 0 Å². The summed E-state index contributed by atoms with van der Waals surface area (Å²) in [5, 5.41) is 0. The van der Waals surface area contributed by atoms with Gasteiger partial charge in [0, 0.05) is 18.7 Å². The van der Waals surface area contributed by atoms with Gasteiger partial charge in [0.05, 0.1) is 6.26 Å². The summed E-state index contributed by atoms with van der Waals surface area (Å²) in [4.78, 5) is 13.8. The molecule has 1 saturated heterocycles. The van der Waals surface area contributed by atoms with Crippen LogP contribution in [0, 0.1) is 5.41 Å². The molecule has 0 bridgehead atoms. The first-order valence-electron chi connectivity index (χ1n) is 5.81. The van der Waals surface area contributed by atoms with Crippen LogP contribution >= 0.6 is 0 Å². The molecule has 5 heteroatoms. The summed E-state index contributed by atoms with van der Waals surface area (Å²) < 4.78 is 5.16. The summed E-state index contributed by atoms with van der Waals surface area (Å²) in [5.74, 6) is 5.06. The highest BCUT2D eigenvalue weighted by Gasteiger charge is 2.30. The van der Waals surface area contributed by atoms with Crippen LogP contribution in [0.5, 0.6) is 0 Å². The first-order valence-corrected chi connectivity index (χ1v) is 5.81. The maximum absolute atomic E-state index is 11.4. The van der Waals surface area contributed by atoms with Crippen LogP contribution in [-0.4, -0.2) is 23.9 Å². The van der Waals surface area contributed by atoms with E-state index in [1.165, 1.54) is 12.7 Å². The zero-order valence-electron chi connectivity index (χ0n) is 10.3. The predicted octanol–water partition coefficient (Wildman–Crippen LogP) is 1.12. The van der Waals surface area contributed by atoms with E-state index < -0.39 is 0 Å². The maximum atomic E-state index is 11.4. The van der Waals surface area contributed by atoms with E-state index in [-0.39, 0.29) is 5.91 Å². The van der Waals surface area contributed by atoms with Crippen molar-refractivity contribution in [2.75, 3.05) is 13.1 Å². The number of amides is 1. The first kappa shape index (κ1) is 12.1. The molecule has 1 aromatic rings.